The number of halogens is 4. The van der Waals surface area contributed by atoms with Crippen LogP contribution in [0.5, 0.6) is 0 Å². The number of carbonyl (C=O) groups is 6. The molecule has 12 bridgehead atoms. The molecule has 0 amide bonds. The fourth-order valence-corrected chi connectivity index (χ4v) is 27.6. The van der Waals surface area contributed by atoms with E-state index in [0.29, 0.717) is 84.6 Å². The summed E-state index contributed by atoms with van der Waals surface area (Å²) in [6.45, 7) is 9.15. The highest BCUT2D eigenvalue weighted by atomic mass is 127. The topological polar surface area (TPSA) is 199 Å². The lowest BCUT2D eigenvalue weighted by Crippen LogP contribution is -3.18. The molecule has 0 radical (unpaired) electrons. The maximum absolute atomic E-state index is 11.8. The van der Waals surface area contributed by atoms with Crippen LogP contribution in [0.2, 0.25) is 0 Å². The van der Waals surface area contributed by atoms with Crippen molar-refractivity contribution in [2.45, 2.75) is 286 Å². The molecular formula is C82H99Cl2I2N6O14+. The Morgan fingerprint density at radius 3 is 1.34 bits per heavy atom. The van der Waals surface area contributed by atoms with E-state index in [0.717, 1.165) is 98.6 Å². The Morgan fingerprint density at radius 2 is 0.792 bits per heavy atom. The average molecular weight is 1720 g/mol. The van der Waals surface area contributed by atoms with Crippen LogP contribution in [0.3, 0.4) is 0 Å². The van der Waals surface area contributed by atoms with Gasteiger partial charge in [-0.05, 0) is 161 Å². The number of rotatable bonds is 4. The summed E-state index contributed by atoms with van der Waals surface area (Å²) in [6, 6.07) is 6.43. The highest BCUT2D eigenvalue weighted by Gasteiger charge is 2.70. The van der Waals surface area contributed by atoms with Gasteiger partial charge in [-0.2, -0.15) is 0 Å². The van der Waals surface area contributed by atoms with Gasteiger partial charge in [-0.25, -0.2) is 28.8 Å². The number of nitrogens with one attached hydrogen (secondary N) is 3. The predicted molar refractivity (Wildman–Crippen MR) is 398 cm³/mol. The van der Waals surface area contributed by atoms with Crippen LogP contribution in [0.1, 0.15) is 155 Å². The van der Waals surface area contributed by atoms with E-state index < -0.39 is 0 Å². The number of nitrogens with zero attached hydrogens (tertiary/aromatic N) is 3. The molecule has 568 valence electrons. The molecule has 12 fully saturated rings. The number of hydrogen-bond donors (Lipinski definition) is 3. The molecule has 0 aromatic carbocycles. The Kier molecular flexibility index (Phi) is 19.4. The van der Waals surface area contributed by atoms with Crippen molar-refractivity contribution in [1.82, 2.24) is 14.7 Å². The van der Waals surface area contributed by atoms with Crippen LogP contribution in [0, 0.1) is 0 Å². The minimum Gasteiger partial charge on any atom is -1.00 e. The van der Waals surface area contributed by atoms with E-state index in [9.17, 15) is 28.8 Å². The zero-order valence-electron chi connectivity index (χ0n) is 60.9. The van der Waals surface area contributed by atoms with Gasteiger partial charge in [0.15, 0.2) is 33.6 Å². The largest absolute Gasteiger partial charge is 1.00 e. The minimum absolute atomic E-state index is 0. The molecule has 24 aliphatic rings. The minimum atomic E-state index is -0.380. The van der Waals surface area contributed by atoms with Crippen molar-refractivity contribution in [3.05, 3.63) is 138 Å². The summed E-state index contributed by atoms with van der Waals surface area (Å²) in [4.78, 5) is 82.3. The predicted octanol–water partition coefficient (Wildman–Crippen LogP) is -0.261. The fraction of sp³-hybridized carbons (Fsp3) is 0.634. The number of fused-ring (bicyclic) bond motifs is 18. The van der Waals surface area contributed by atoms with Gasteiger partial charge in [-0.15, -0.1) is 0 Å². The van der Waals surface area contributed by atoms with E-state index in [4.69, 9.17) is 37.9 Å². The number of piperidine rings is 4. The zero-order chi connectivity index (χ0) is 71.1. The highest BCUT2D eigenvalue weighted by Crippen LogP contribution is 2.59. The second-order valence-corrected chi connectivity index (χ2v) is 36.4. The summed E-state index contributed by atoms with van der Waals surface area (Å²) in [5.74, 6) is -0.888. The molecule has 0 saturated carbocycles. The normalized spacial score (nSPS) is 45.2. The number of quaternary nitrogens is 3. The Morgan fingerprint density at radius 1 is 0.406 bits per heavy atom. The SMILES string of the molecule is COC(C)[C@H]1CC[C@H]2N1[C@@H]1C=C(I)C3=CC(=O)O[C@@]32C1.COC(C)[C@H]1CC[C@H]2N1[C@@H]1C=CC3=CC(=O)O[C@@]32C1.O=C1C=C2C(I)=C[C@@H]3C[C@@]2(O1)[C@H]1CCCC[NH+]31.O=C1C=C2C=C[C@@H]3C[C@@]2(O1)[C@H]1CCCCN31.O=C1C=C2C=C[C@@H]3C[C@@]2(O1)[C@H]1CCCC[NH+]31.O=C1C=C2C=C[C@@H]3C[C@@]2(O1)[C@H]1CCCC[NH+]31.[Cl-].[Cl-]. The Balaban J connectivity index is 0.0000000934. The number of methoxy groups -OCH3 is 2. The van der Waals surface area contributed by atoms with Crippen LogP contribution in [0.15, 0.2) is 138 Å². The maximum atomic E-state index is 11.8. The Labute approximate surface area is 660 Å². The van der Waals surface area contributed by atoms with Gasteiger partial charge in [0.2, 0.25) is 0 Å². The first-order valence-electron chi connectivity index (χ1n) is 39.4. The summed E-state index contributed by atoms with van der Waals surface area (Å²) in [6.07, 6.45) is 58.2. The molecule has 12 saturated heterocycles. The highest BCUT2D eigenvalue weighted by molar-refractivity contribution is 14.1. The molecule has 24 rings (SSSR count). The van der Waals surface area contributed by atoms with Crippen LogP contribution in [0.4, 0.5) is 0 Å². The standard InChI is InChI=1S/C15H18INO3.C15H19NO3.C13H14INO2.3C13H15NO2.2ClH/c1-8(19-2)12-3-4-13-15-7-9(17(12)13)5-11(16)10(15)6-14(18)20-15;1-9(18-2)12-5-6-13-15-8-11(16(12)13)4-3-10(15)7-14(17)19-15;14-10-5-8-7-13(9(10)6-12(16)17-13)11-3-1-2-4-15(8)11;3*15-12-7-9-4-5-10-8-13(9,16-12)11-3-1-2-6-14(10)11;;/h5-6,8-9,12-13H,3-4,7H2,1-2H3;3-4,7,9,11-13H,5-6,8H2,1-2H3;5-6,8,11H,1-4,7H2;3*4-5,7,10-11H,1-3,6,8H2;2*1H/p+1/t8?,9-,12-,13-,15+;9?,11-,12-,13-,15+;8-,11-,13+;3*10-,11-,13+;;/m111111../s1. The second kappa shape index (κ2) is 27.7. The lowest BCUT2D eigenvalue weighted by Gasteiger charge is -2.37. The van der Waals surface area contributed by atoms with Gasteiger partial charge in [0.1, 0.15) is 36.3 Å². The van der Waals surface area contributed by atoms with Gasteiger partial charge >= 0.3 is 35.8 Å². The summed E-state index contributed by atoms with van der Waals surface area (Å²) in [5.41, 5.74) is 4.96. The third kappa shape index (κ3) is 11.2. The van der Waals surface area contributed by atoms with E-state index >= 15 is 0 Å². The number of carbonyl (C=O) groups excluding carboxylic acids is 6. The molecule has 20 nitrogen and oxygen atoms in total. The molecule has 24 heteroatoms. The molecule has 25 atom stereocenters. The molecular weight excluding hydrogens is 1620 g/mol. The van der Waals surface area contributed by atoms with Crippen molar-refractivity contribution in [3.63, 3.8) is 0 Å². The molecule has 106 heavy (non-hydrogen) atoms. The summed E-state index contributed by atoms with van der Waals surface area (Å²) in [7, 11) is 3.55. The Hall–Kier alpha value is -4.58. The van der Waals surface area contributed by atoms with Gasteiger partial charge in [0, 0.05) is 160 Å². The quantitative estimate of drug-likeness (QED) is 0.189. The van der Waals surface area contributed by atoms with Gasteiger partial charge in [0.25, 0.3) is 0 Å². The summed E-state index contributed by atoms with van der Waals surface area (Å²) < 4.78 is 48.0. The summed E-state index contributed by atoms with van der Waals surface area (Å²) >= 11 is 4.72. The van der Waals surface area contributed by atoms with E-state index in [2.05, 4.69) is 134 Å². The monoisotopic (exact) mass is 1720 g/mol. The zero-order valence-corrected chi connectivity index (χ0v) is 66.8. The van der Waals surface area contributed by atoms with Gasteiger partial charge in [-0.1, -0.05) is 49.0 Å². The molecule has 0 aromatic rings. The third-order valence-electron chi connectivity index (χ3n) is 29.7. The lowest BCUT2D eigenvalue weighted by molar-refractivity contribution is -0.937. The van der Waals surface area contributed by atoms with Crippen molar-refractivity contribution < 1.29 is 106 Å². The second-order valence-electron chi connectivity index (χ2n) is 34.1. The maximum Gasteiger partial charge on any atom is 0.332 e. The molecule has 5 unspecified atom stereocenters. The van der Waals surface area contributed by atoms with Gasteiger partial charge < -0.3 is 77.4 Å². The first kappa shape index (κ1) is 74.2. The van der Waals surface area contributed by atoms with Crippen molar-refractivity contribution >= 4 is 81.0 Å². The van der Waals surface area contributed by atoms with Crippen LogP contribution < -0.4 is 39.5 Å². The third-order valence-corrected chi connectivity index (χ3v) is 31.6. The number of esters is 6. The molecule has 0 aromatic heterocycles. The summed E-state index contributed by atoms with van der Waals surface area (Å²) in [5, 5.41) is 0. The van der Waals surface area contributed by atoms with Crippen molar-refractivity contribution in [1.29, 1.82) is 0 Å². The van der Waals surface area contributed by atoms with Crippen LogP contribution in [-0.4, -0.2) is 221 Å². The molecule has 6 aliphatic carbocycles. The first-order chi connectivity index (χ1) is 50.3. The average Bonchev–Trinajstić information content (AvgIpc) is 1.54. The fourth-order valence-electron chi connectivity index (χ4n) is 25.6. The van der Waals surface area contributed by atoms with Crippen LogP contribution in [-0.2, 0) is 66.7 Å². The number of hydrogen-bond acceptors (Lipinski definition) is 17. The van der Waals surface area contributed by atoms with Crippen LogP contribution >= 0.6 is 45.2 Å². The van der Waals surface area contributed by atoms with E-state index in [1.807, 2.05) is 0 Å². The van der Waals surface area contributed by atoms with E-state index in [1.54, 1.807) is 65.4 Å². The van der Waals surface area contributed by atoms with Crippen molar-refractivity contribution in [2.75, 3.05) is 40.4 Å². The first-order valence-corrected chi connectivity index (χ1v) is 41.6. The van der Waals surface area contributed by atoms with E-state index in [-0.39, 0.29) is 106 Å². The Bertz CT molecular complexity index is 3940. The van der Waals surface area contributed by atoms with E-state index in [1.165, 1.54) is 109 Å². The van der Waals surface area contributed by atoms with Crippen molar-refractivity contribution in [3.8, 4) is 0 Å². The molecule has 3 N–H and O–H groups in total. The van der Waals surface area contributed by atoms with Crippen LogP contribution in [0.25, 0.3) is 0 Å². The van der Waals surface area contributed by atoms with Gasteiger partial charge in [0.05, 0.1) is 69.2 Å². The number of ether oxygens (including phenoxy) is 8. The van der Waals surface area contributed by atoms with Crippen molar-refractivity contribution in [2.24, 2.45) is 0 Å². The molecule has 18 heterocycles. The lowest BCUT2D eigenvalue weighted by atomic mass is 9.80. The smallest absolute Gasteiger partial charge is 0.332 e. The van der Waals surface area contributed by atoms with Gasteiger partial charge in [-0.3, -0.25) is 14.7 Å². The molecule has 6 spiro atoms. The molecule has 18 aliphatic heterocycles.